The van der Waals surface area contributed by atoms with E-state index in [-0.39, 0.29) is 141 Å². The molecular formula is C108H178BrClF6N4O16. The van der Waals surface area contributed by atoms with Crippen LogP contribution in [0.4, 0.5) is 26.3 Å². The molecule has 0 bridgehead atoms. The quantitative estimate of drug-likeness (QED) is 0.0342. The number of ether oxygens (including phenoxy) is 2. The molecule has 0 aromatic carbocycles. The van der Waals surface area contributed by atoms with Crippen LogP contribution in [-0.2, 0) is 71.8 Å². The lowest BCUT2D eigenvalue weighted by Crippen LogP contribution is -2.36. The van der Waals surface area contributed by atoms with Crippen LogP contribution in [0.5, 0.6) is 0 Å². The minimum Gasteiger partial charge on any atom is -0.392 e. The summed E-state index contributed by atoms with van der Waals surface area (Å²) in [5.41, 5.74) is 0.165. The Morgan fingerprint density at radius 3 is 1.07 bits per heavy atom. The van der Waals surface area contributed by atoms with Crippen LogP contribution in [0, 0.1) is 75.9 Å². The lowest BCUT2D eigenvalue weighted by Gasteiger charge is -2.25. The lowest BCUT2D eigenvalue weighted by atomic mass is 9.90. The van der Waals surface area contributed by atoms with Gasteiger partial charge < -0.3 is 19.5 Å². The number of carbonyl (C=O) groups is 13. The third kappa shape index (κ3) is 101. The Labute approximate surface area is 830 Å². The van der Waals surface area contributed by atoms with E-state index in [0.29, 0.717) is 43.9 Å². The Bertz CT molecular complexity index is 3490. The van der Waals surface area contributed by atoms with Gasteiger partial charge in [0, 0.05) is 153 Å². The minimum atomic E-state index is -4.38. The molecule has 782 valence electrons. The predicted octanol–water partition coefficient (Wildman–Crippen LogP) is 22.7. The van der Waals surface area contributed by atoms with Gasteiger partial charge in [-0.15, -0.1) is 11.6 Å². The van der Waals surface area contributed by atoms with Gasteiger partial charge in [-0.1, -0.05) is 290 Å². The average Bonchev–Trinajstić information content (AvgIpc) is 1.02. The maximum absolute atomic E-state index is 12.8. The smallest absolute Gasteiger partial charge is 0.392 e. The molecule has 4 rings (SSSR count). The Kier molecular flexibility index (Phi) is 96.7. The maximum Gasteiger partial charge on any atom is 0.409 e. The second-order valence-electron chi connectivity index (χ2n) is 37.4. The zero-order valence-electron chi connectivity index (χ0n) is 88.7. The highest BCUT2D eigenvalue weighted by Crippen LogP contribution is 2.23. The van der Waals surface area contributed by atoms with E-state index < -0.39 is 41.8 Å². The first-order valence-electron chi connectivity index (χ1n) is 47.1. The summed E-state index contributed by atoms with van der Waals surface area (Å²) >= 11 is 8.50. The third-order valence-electron chi connectivity index (χ3n) is 18.1. The van der Waals surface area contributed by atoms with Gasteiger partial charge in [0.2, 0.25) is 0 Å². The van der Waals surface area contributed by atoms with E-state index in [2.05, 4.69) is 38.9 Å². The number of likely N-dealkylation sites (tertiary alicyclic amines) is 2. The molecule has 0 saturated carbocycles. The second kappa shape index (κ2) is 90.0. The van der Waals surface area contributed by atoms with Crippen molar-refractivity contribution in [3.8, 4) is 0 Å². The number of nitrogens with zero attached hydrogens (tertiary/aromatic N) is 4. The molecule has 3 saturated heterocycles. The fraction of sp³-hybridized carbons (Fsp3) is 0.639. The number of ketones is 13. The summed E-state index contributed by atoms with van der Waals surface area (Å²) in [6, 6.07) is 0. The molecular weight excluding hydrogens is 1840 g/mol. The predicted molar refractivity (Wildman–Crippen MR) is 554 cm³/mol. The summed E-state index contributed by atoms with van der Waals surface area (Å²) in [5, 5.41) is 9.01. The first-order chi connectivity index (χ1) is 62.8. The maximum atomic E-state index is 12.8. The van der Waals surface area contributed by atoms with Crippen LogP contribution >= 0.6 is 27.5 Å². The molecule has 4 aliphatic rings. The number of aliphatic hydroxyl groups excluding tert-OH is 1. The van der Waals surface area contributed by atoms with Crippen molar-refractivity contribution in [2.24, 2.45) is 75.9 Å². The standard InChI is InChI=1S/C12H21NO.C11H18FNO.C11H19NO2.C9H17NO.C8H14O2.C8H12O.C7H11BrO.C7H11ClO.C7H9F3O.2C7H11FO.C7H12O2.C7H12O/c1-11(2)12(14)7-6-10-13-8-4-3-5-9-13;1-9(2)11(14)4-3-6-13-7-5-10(12)8-13;1-10(2)11(13)4-3-5-12-6-8-14-9-7-12;1-8(2)9(11)6-5-7-10(3)4;1-7(2)8(9)5-4-6-10-3;1-6(2)8(9)7-4-3-5-7;2*1-6(2)7(9)4-3-5-8;1-5(2)6(11)3-4-7(8,9)10;1-5(8)6(9)7(2,3)4;2*1-6(2)7(9)4-3-5-8;1-5-6(8)7(2,3)4/h6-7,11H,3-5,8-10H2,1-2H3;3-4,9-10H,5-8H2,1-2H3;3-4,10H,5-9H2,1-2H3;5-6,8H,7H2,1-4H3;4-5,7H,6H2,1-3H3;4,6H,3,5H2,1-2H3;2*3-4,6H,5H2,1-2H3;3-5H,1-2H3;1H2,2-4H3;3-4,6H,5H2,1-2H3;3-4,6,8H,5H2,1-2H3;5H,1H2,2-4H3/b7-6+;2*4-3+;6-5+;5-4+;;3*4-3+;;2*4-3+;/t;10-;;;;;;;;;;;/m.1.........../s1. The summed E-state index contributed by atoms with van der Waals surface area (Å²) in [6.07, 6.45) is 35.2. The summed E-state index contributed by atoms with van der Waals surface area (Å²) < 4.78 is 80.5. The van der Waals surface area contributed by atoms with Gasteiger partial charge in [-0.3, -0.25) is 77.0 Å². The molecule has 136 heavy (non-hydrogen) atoms. The summed E-state index contributed by atoms with van der Waals surface area (Å²) in [5.74, 6) is 0.788. The van der Waals surface area contributed by atoms with Crippen molar-refractivity contribution in [3.63, 3.8) is 0 Å². The number of carbonyl (C=O) groups excluding carboxylic acids is 13. The van der Waals surface area contributed by atoms with Gasteiger partial charge in [0.1, 0.15) is 12.8 Å². The van der Waals surface area contributed by atoms with E-state index >= 15 is 0 Å². The van der Waals surface area contributed by atoms with Crippen LogP contribution in [0.15, 0.2) is 158 Å². The summed E-state index contributed by atoms with van der Waals surface area (Å²) in [4.78, 5) is 150. The van der Waals surface area contributed by atoms with Gasteiger partial charge in [0.25, 0.3) is 0 Å². The van der Waals surface area contributed by atoms with E-state index in [1.165, 1.54) is 68.8 Å². The van der Waals surface area contributed by atoms with Crippen molar-refractivity contribution in [3.05, 3.63) is 158 Å². The number of hydrogen-bond donors (Lipinski definition) is 1. The highest BCUT2D eigenvalue weighted by Gasteiger charge is 2.25. The number of likely N-dealkylation sites (N-methyl/N-ethyl adjacent to an activating group) is 1. The molecule has 1 aliphatic carbocycles. The van der Waals surface area contributed by atoms with Crippen molar-refractivity contribution in [2.45, 2.75) is 245 Å². The van der Waals surface area contributed by atoms with Crippen LogP contribution < -0.4 is 0 Å². The van der Waals surface area contributed by atoms with Crippen molar-refractivity contribution in [1.29, 1.82) is 0 Å². The number of morpholine rings is 1. The largest absolute Gasteiger partial charge is 0.409 e. The van der Waals surface area contributed by atoms with Gasteiger partial charge in [-0.05, 0) is 132 Å². The third-order valence-corrected chi connectivity index (χ3v) is 18.7. The van der Waals surface area contributed by atoms with Crippen molar-refractivity contribution in [2.75, 3.05) is 131 Å². The Balaban J connectivity index is -0.000000184. The fourth-order valence-electron chi connectivity index (χ4n) is 8.82. The second-order valence-corrected chi connectivity index (χ2v) is 38.4. The molecule has 3 aliphatic heterocycles. The van der Waals surface area contributed by atoms with E-state index in [0.717, 1.165) is 76.2 Å². The molecule has 0 unspecified atom stereocenters. The number of Topliss-reactive ketones (excluding diaryl/α,β-unsaturated/α-hetero) is 2. The number of aliphatic hydroxyl groups is 1. The first kappa shape index (κ1) is 146. The van der Waals surface area contributed by atoms with E-state index in [4.69, 9.17) is 26.2 Å². The summed E-state index contributed by atoms with van der Waals surface area (Å²) in [6.45, 7) is 68.1. The number of methoxy groups -OCH3 is 1. The molecule has 0 aromatic heterocycles. The molecule has 0 spiro atoms. The number of alkyl halides is 7. The highest BCUT2D eigenvalue weighted by molar-refractivity contribution is 9.09. The SMILES string of the molecule is C=C(F)C(=O)C(C)(C)C.C=CC(=O)C(C)(C)C.CC(C)C(=O)/C=C/C(F)(F)F.CC(C)C(=O)/C=C/CBr.CC(C)C(=O)/C=C/CCl.CC(C)C(=O)/C=C/CF.CC(C)C(=O)/C=C/CN(C)C.CC(C)C(=O)/C=C/CN1CCCCC1.CC(C)C(=O)/C=C/CN1CCOCC1.CC(C)C(=O)/C=C/CN1CC[C@@H](F)C1.CC(C)C(=O)/C=C/CO.CC(C)C(=O)C1=CCC1.COC/C=C/C(=O)C(C)C. The normalized spacial score (nSPS) is 14.7. The van der Waals surface area contributed by atoms with Crippen LogP contribution in [-0.4, -0.2) is 243 Å². The topological polar surface area (TPSA) is 274 Å². The summed E-state index contributed by atoms with van der Waals surface area (Å²) in [7, 11) is 5.55. The monoisotopic (exact) mass is 2020 g/mol. The zero-order valence-corrected chi connectivity index (χ0v) is 91.0. The van der Waals surface area contributed by atoms with Gasteiger partial charge in [-0.25, -0.2) is 13.2 Å². The van der Waals surface area contributed by atoms with Gasteiger partial charge >= 0.3 is 6.18 Å². The van der Waals surface area contributed by atoms with Crippen molar-refractivity contribution < 1.29 is 103 Å². The molecule has 1 atom stereocenters. The van der Waals surface area contributed by atoms with Crippen LogP contribution in [0.1, 0.15) is 232 Å². The molecule has 0 aromatic rings. The number of piperidine rings is 1. The Hall–Kier alpha value is -7.60. The van der Waals surface area contributed by atoms with E-state index in [9.17, 15) is 88.7 Å². The molecule has 3 fully saturated rings. The Morgan fingerprint density at radius 2 is 0.824 bits per heavy atom. The Morgan fingerprint density at radius 1 is 0.493 bits per heavy atom. The van der Waals surface area contributed by atoms with Crippen LogP contribution in [0.3, 0.4) is 0 Å². The average molecular weight is 2020 g/mol. The zero-order chi connectivity index (χ0) is 108. The van der Waals surface area contributed by atoms with E-state index in [1.54, 1.807) is 104 Å². The van der Waals surface area contributed by atoms with Crippen LogP contribution in [0.25, 0.3) is 0 Å². The fourth-order valence-corrected chi connectivity index (χ4v) is 9.10. The molecule has 0 amide bonds. The molecule has 1 N–H and O–H groups in total. The molecule has 20 nitrogen and oxygen atoms in total. The minimum absolute atomic E-state index is 0.0206. The van der Waals surface area contributed by atoms with Gasteiger partial charge in [0.15, 0.2) is 81.0 Å². The molecule has 0 radical (unpaired) electrons. The van der Waals surface area contributed by atoms with Crippen molar-refractivity contribution in [1.82, 2.24) is 19.6 Å². The van der Waals surface area contributed by atoms with Crippen LogP contribution in [0.2, 0.25) is 0 Å². The van der Waals surface area contributed by atoms with Gasteiger partial charge in [0.05, 0.1) is 26.4 Å². The molecule has 3 heterocycles. The highest BCUT2D eigenvalue weighted by atomic mass is 79.9. The molecule has 28 heteroatoms. The number of rotatable bonds is 38. The van der Waals surface area contributed by atoms with Crippen molar-refractivity contribution >= 4 is 103 Å². The van der Waals surface area contributed by atoms with Gasteiger partial charge in [-0.2, -0.15) is 13.2 Å². The lowest BCUT2D eigenvalue weighted by molar-refractivity contribution is -0.124. The number of halogens is 8. The number of hydrogen-bond acceptors (Lipinski definition) is 20. The first-order valence-corrected chi connectivity index (χ1v) is 48.7. The number of allylic oxidation sites excluding steroid dienone is 18. The van der Waals surface area contributed by atoms with E-state index in [1.807, 2.05) is 206 Å².